The molecule has 0 saturated heterocycles. The number of nitrogens with one attached hydrogen (secondary N) is 1. The molecule has 0 unspecified atom stereocenters. The lowest BCUT2D eigenvalue weighted by Gasteiger charge is -2.21. The molecule has 112 valence electrons. The molecule has 0 amide bonds. The molecule has 2 aromatic rings. The fourth-order valence-corrected chi connectivity index (χ4v) is 1.90. The van der Waals surface area contributed by atoms with Gasteiger partial charge in [0.2, 0.25) is 0 Å². The molecule has 0 aliphatic rings. The Morgan fingerprint density at radius 2 is 1.76 bits per heavy atom. The van der Waals surface area contributed by atoms with E-state index >= 15 is 0 Å². The highest BCUT2D eigenvalue weighted by Gasteiger charge is 2.11. The molecule has 0 atom stereocenters. The lowest BCUT2D eigenvalue weighted by molar-refractivity contribution is 0.421. The van der Waals surface area contributed by atoms with Crippen LogP contribution in [0.2, 0.25) is 0 Å². The molecule has 1 heterocycles. The molecule has 21 heavy (non-hydrogen) atoms. The monoisotopic (exact) mass is 284 g/mol. The lowest BCUT2D eigenvalue weighted by atomic mass is 10.1. The molecule has 1 aromatic heterocycles. The smallest absolute Gasteiger partial charge is 0.151 e. The quantitative estimate of drug-likeness (QED) is 0.933. The minimum absolute atomic E-state index is 0.0700. The molecule has 1 N–H and O–H groups in total. The van der Waals surface area contributed by atoms with Crippen molar-refractivity contribution in [1.82, 2.24) is 15.3 Å². The fourth-order valence-electron chi connectivity index (χ4n) is 1.90. The van der Waals surface area contributed by atoms with Crippen molar-refractivity contribution in [3.8, 4) is 0 Å². The minimum atomic E-state index is 0.0700. The maximum absolute atomic E-state index is 4.68. The van der Waals surface area contributed by atoms with E-state index in [0.29, 0.717) is 6.54 Å². The van der Waals surface area contributed by atoms with Gasteiger partial charge in [0, 0.05) is 31.0 Å². The Kier molecular flexibility index (Phi) is 4.58. The molecule has 1 aromatic carbocycles. The first-order chi connectivity index (χ1) is 9.85. The SMILES string of the molecule is Cc1ccc(N(C)c2cncc(CNC(C)(C)C)n2)cc1. The first kappa shape index (κ1) is 15.4. The van der Waals surface area contributed by atoms with Gasteiger partial charge in [0.05, 0.1) is 11.9 Å². The van der Waals surface area contributed by atoms with Crippen LogP contribution in [-0.4, -0.2) is 22.6 Å². The van der Waals surface area contributed by atoms with Gasteiger partial charge in [-0.2, -0.15) is 0 Å². The predicted molar refractivity (Wildman–Crippen MR) is 87.9 cm³/mol. The molecule has 0 spiro atoms. The predicted octanol–water partition coefficient (Wildman–Crippen LogP) is 3.44. The van der Waals surface area contributed by atoms with Crippen molar-refractivity contribution in [1.29, 1.82) is 0 Å². The molecule has 0 bridgehead atoms. The van der Waals surface area contributed by atoms with Gasteiger partial charge in [0.1, 0.15) is 0 Å². The van der Waals surface area contributed by atoms with E-state index in [0.717, 1.165) is 17.2 Å². The van der Waals surface area contributed by atoms with Crippen LogP contribution in [0.15, 0.2) is 36.7 Å². The number of aromatic nitrogens is 2. The van der Waals surface area contributed by atoms with E-state index < -0.39 is 0 Å². The van der Waals surface area contributed by atoms with Crippen molar-refractivity contribution >= 4 is 11.5 Å². The van der Waals surface area contributed by atoms with E-state index in [-0.39, 0.29) is 5.54 Å². The summed E-state index contributed by atoms with van der Waals surface area (Å²) in [6.07, 6.45) is 3.60. The van der Waals surface area contributed by atoms with Gasteiger partial charge in [-0.15, -0.1) is 0 Å². The van der Waals surface area contributed by atoms with E-state index in [1.54, 1.807) is 6.20 Å². The van der Waals surface area contributed by atoms with Gasteiger partial charge >= 0.3 is 0 Å². The van der Waals surface area contributed by atoms with Gasteiger partial charge in [0.25, 0.3) is 0 Å². The average molecular weight is 284 g/mol. The van der Waals surface area contributed by atoms with Crippen molar-refractivity contribution in [2.75, 3.05) is 11.9 Å². The third kappa shape index (κ3) is 4.53. The average Bonchev–Trinajstić information content (AvgIpc) is 2.45. The Hall–Kier alpha value is -1.94. The summed E-state index contributed by atoms with van der Waals surface area (Å²) in [5, 5.41) is 3.43. The van der Waals surface area contributed by atoms with Crippen LogP contribution in [0.3, 0.4) is 0 Å². The molecular weight excluding hydrogens is 260 g/mol. The molecule has 4 nitrogen and oxygen atoms in total. The van der Waals surface area contributed by atoms with Gasteiger partial charge in [0.15, 0.2) is 5.82 Å². The third-order valence-electron chi connectivity index (χ3n) is 3.24. The standard InChI is InChI=1S/C17H24N4/c1-13-6-8-15(9-7-13)21(5)16-12-18-10-14(20-16)11-19-17(2,3)4/h6-10,12,19H,11H2,1-5H3. The molecule has 4 heteroatoms. The molecular formula is C17H24N4. The van der Waals surface area contributed by atoms with E-state index in [1.165, 1.54) is 5.56 Å². The summed E-state index contributed by atoms with van der Waals surface area (Å²) in [5.74, 6) is 0.854. The number of hydrogen-bond donors (Lipinski definition) is 1. The number of aryl methyl sites for hydroxylation is 1. The van der Waals surface area contributed by atoms with Crippen LogP contribution in [0.1, 0.15) is 32.0 Å². The van der Waals surface area contributed by atoms with Crippen LogP contribution >= 0.6 is 0 Å². The first-order valence-electron chi connectivity index (χ1n) is 7.21. The fraction of sp³-hybridized carbons (Fsp3) is 0.412. The second kappa shape index (κ2) is 6.22. The Bertz CT molecular complexity index is 584. The summed E-state index contributed by atoms with van der Waals surface area (Å²) in [6, 6.07) is 8.39. The van der Waals surface area contributed by atoms with Gasteiger partial charge in [-0.3, -0.25) is 4.98 Å². The highest BCUT2D eigenvalue weighted by Crippen LogP contribution is 2.21. The molecule has 0 fully saturated rings. The Balaban J connectivity index is 2.14. The Labute approximate surface area is 127 Å². The third-order valence-corrected chi connectivity index (χ3v) is 3.24. The molecule has 0 saturated carbocycles. The van der Waals surface area contributed by atoms with Crippen molar-refractivity contribution in [2.45, 2.75) is 39.8 Å². The summed E-state index contributed by atoms with van der Waals surface area (Å²) in [4.78, 5) is 11.0. The van der Waals surface area contributed by atoms with Crippen LogP contribution in [0.4, 0.5) is 11.5 Å². The van der Waals surface area contributed by atoms with Gasteiger partial charge in [-0.25, -0.2) is 4.98 Å². The Morgan fingerprint density at radius 1 is 1.10 bits per heavy atom. The highest BCUT2D eigenvalue weighted by atomic mass is 15.2. The molecule has 0 aliphatic heterocycles. The van der Waals surface area contributed by atoms with E-state index in [9.17, 15) is 0 Å². The van der Waals surface area contributed by atoms with Gasteiger partial charge in [-0.05, 0) is 39.8 Å². The second-order valence-electron chi connectivity index (χ2n) is 6.37. The highest BCUT2D eigenvalue weighted by molar-refractivity contribution is 5.58. The van der Waals surface area contributed by atoms with E-state index in [2.05, 4.69) is 67.2 Å². The largest absolute Gasteiger partial charge is 0.328 e. The topological polar surface area (TPSA) is 41.1 Å². The van der Waals surface area contributed by atoms with Crippen LogP contribution in [0.5, 0.6) is 0 Å². The summed E-state index contributed by atoms with van der Waals surface area (Å²) in [7, 11) is 2.01. The van der Waals surface area contributed by atoms with Crippen LogP contribution in [0.25, 0.3) is 0 Å². The zero-order valence-corrected chi connectivity index (χ0v) is 13.5. The molecule has 0 aliphatic carbocycles. The minimum Gasteiger partial charge on any atom is -0.328 e. The molecule has 0 radical (unpaired) electrons. The Morgan fingerprint density at radius 3 is 2.38 bits per heavy atom. The van der Waals surface area contributed by atoms with Crippen molar-refractivity contribution < 1.29 is 0 Å². The summed E-state index contributed by atoms with van der Waals surface area (Å²) < 4.78 is 0. The normalized spacial score (nSPS) is 11.5. The van der Waals surface area contributed by atoms with Crippen LogP contribution in [-0.2, 0) is 6.54 Å². The van der Waals surface area contributed by atoms with Gasteiger partial charge in [-0.1, -0.05) is 17.7 Å². The zero-order valence-electron chi connectivity index (χ0n) is 13.5. The van der Waals surface area contributed by atoms with Crippen LogP contribution < -0.4 is 10.2 Å². The van der Waals surface area contributed by atoms with Gasteiger partial charge < -0.3 is 10.2 Å². The van der Waals surface area contributed by atoms with E-state index in [1.807, 2.05) is 18.1 Å². The van der Waals surface area contributed by atoms with Crippen molar-refractivity contribution in [3.05, 3.63) is 47.9 Å². The zero-order chi connectivity index (χ0) is 15.5. The first-order valence-corrected chi connectivity index (χ1v) is 7.21. The molecule has 2 rings (SSSR count). The number of benzene rings is 1. The van der Waals surface area contributed by atoms with Crippen molar-refractivity contribution in [2.24, 2.45) is 0 Å². The number of hydrogen-bond acceptors (Lipinski definition) is 4. The lowest BCUT2D eigenvalue weighted by Crippen LogP contribution is -2.35. The number of anilines is 2. The van der Waals surface area contributed by atoms with Crippen molar-refractivity contribution in [3.63, 3.8) is 0 Å². The van der Waals surface area contributed by atoms with E-state index in [4.69, 9.17) is 0 Å². The summed E-state index contributed by atoms with van der Waals surface area (Å²) >= 11 is 0. The maximum atomic E-state index is 4.68. The summed E-state index contributed by atoms with van der Waals surface area (Å²) in [5.41, 5.74) is 3.37. The number of rotatable bonds is 4. The second-order valence-corrected chi connectivity index (χ2v) is 6.37. The maximum Gasteiger partial charge on any atom is 0.151 e. The summed E-state index contributed by atoms with van der Waals surface area (Å²) in [6.45, 7) is 9.22. The number of nitrogens with zero attached hydrogens (tertiary/aromatic N) is 3. The van der Waals surface area contributed by atoms with Crippen LogP contribution in [0, 0.1) is 6.92 Å².